The second-order valence-electron chi connectivity index (χ2n) is 5.64. The van der Waals surface area contributed by atoms with E-state index >= 15 is 0 Å². The van der Waals surface area contributed by atoms with Crippen molar-refractivity contribution in [2.75, 3.05) is 5.01 Å². The molecule has 0 aromatic heterocycles. The standard InChI is InChI=1S/C13H14N4O2/c18-17(19)11-5-3-10(4-6-11)16-13-9-2-1-8(7-9)12(13)14-15-16/h3-6,8-9,12-13H,1-2,7H2/t8-,9-,12-,13-/m0/s1. The third-order valence-corrected chi connectivity index (χ3v) is 4.72. The van der Waals surface area contributed by atoms with Crippen LogP contribution in [0.1, 0.15) is 19.3 Å². The highest BCUT2D eigenvalue weighted by atomic mass is 16.6. The third-order valence-electron chi connectivity index (χ3n) is 4.72. The number of anilines is 1. The Morgan fingerprint density at radius 3 is 2.68 bits per heavy atom. The van der Waals surface area contributed by atoms with E-state index in [1.807, 2.05) is 5.01 Å². The number of nitrogens with zero attached hydrogens (tertiary/aromatic N) is 4. The molecule has 2 bridgehead atoms. The molecule has 2 saturated carbocycles. The summed E-state index contributed by atoms with van der Waals surface area (Å²) in [5.74, 6) is 1.38. The molecule has 0 unspecified atom stereocenters. The molecule has 1 aliphatic heterocycles. The highest BCUT2D eigenvalue weighted by Gasteiger charge is 2.53. The minimum atomic E-state index is -0.379. The lowest BCUT2D eigenvalue weighted by Crippen LogP contribution is -2.39. The van der Waals surface area contributed by atoms with Gasteiger partial charge in [0.05, 0.1) is 22.7 Å². The second-order valence-corrected chi connectivity index (χ2v) is 5.64. The zero-order chi connectivity index (χ0) is 13.0. The normalized spacial score (nSPS) is 34.8. The second kappa shape index (κ2) is 3.76. The summed E-state index contributed by atoms with van der Waals surface area (Å²) < 4.78 is 0. The van der Waals surface area contributed by atoms with Gasteiger partial charge in [0.15, 0.2) is 0 Å². The minimum absolute atomic E-state index is 0.115. The van der Waals surface area contributed by atoms with Crippen molar-refractivity contribution in [2.45, 2.75) is 31.3 Å². The van der Waals surface area contributed by atoms with E-state index in [9.17, 15) is 10.1 Å². The maximum Gasteiger partial charge on any atom is 0.269 e. The predicted molar refractivity (Wildman–Crippen MR) is 68.8 cm³/mol. The Bertz CT molecular complexity index is 556. The lowest BCUT2D eigenvalue weighted by Gasteiger charge is -2.28. The molecule has 0 radical (unpaired) electrons. The number of benzene rings is 1. The van der Waals surface area contributed by atoms with E-state index in [4.69, 9.17) is 0 Å². The van der Waals surface area contributed by atoms with Gasteiger partial charge in [-0.2, -0.15) is 5.11 Å². The van der Waals surface area contributed by atoms with Crippen molar-refractivity contribution < 1.29 is 4.92 Å². The first-order chi connectivity index (χ1) is 9.24. The van der Waals surface area contributed by atoms with Crippen molar-refractivity contribution in [1.82, 2.24) is 0 Å². The molecule has 4 rings (SSSR count). The maximum atomic E-state index is 10.7. The summed E-state index contributed by atoms with van der Waals surface area (Å²) in [5, 5.41) is 21.3. The van der Waals surface area contributed by atoms with Gasteiger partial charge >= 0.3 is 0 Å². The van der Waals surface area contributed by atoms with Gasteiger partial charge in [-0.15, -0.1) is 0 Å². The number of nitro benzene ring substituents is 1. The molecule has 1 aromatic rings. The Morgan fingerprint density at radius 2 is 1.95 bits per heavy atom. The van der Waals surface area contributed by atoms with Crippen molar-refractivity contribution in [3.05, 3.63) is 34.4 Å². The van der Waals surface area contributed by atoms with Crippen molar-refractivity contribution in [2.24, 2.45) is 22.2 Å². The number of rotatable bonds is 2. The minimum Gasteiger partial charge on any atom is -0.258 e. The van der Waals surface area contributed by atoms with Gasteiger partial charge < -0.3 is 0 Å². The Balaban J connectivity index is 1.63. The van der Waals surface area contributed by atoms with Crippen molar-refractivity contribution in [3.63, 3.8) is 0 Å². The molecule has 6 nitrogen and oxygen atoms in total. The van der Waals surface area contributed by atoms with Crippen molar-refractivity contribution in [1.29, 1.82) is 0 Å². The molecule has 98 valence electrons. The lowest BCUT2D eigenvalue weighted by molar-refractivity contribution is -0.384. The third kappa shape index (κ3) is 1.49. The van der Waals surface area contributed by atoms with Crippen molar-refractivity contribution in [3.8, 4) is 0 Å². The van der Waals surface area contributed by atoms with Crippen LogP contribution >= 0.6 is 0 Å². The number of fused-ring (bicyclic) bond motifs is 5. The van der Waals surface area contributed by atoms with Crippen LogP contribution in [-0.4, -0.2) is 17.0 Å². The van der Waals surface area contributed by atoms with E-state index in [0.29, 0.717) is 23.9 Å². The van der Waals surface area contributed by atoms with Gasteiger partial charge in [0.2, 0.25) is 0 Å². The molecule has 0 N–H and O–H groups in total. The first kappa shape index (κ1) is 10.9. The average molecular weight is 258 g/mol. The highest BCUT2D eigenvalue weighted by molar-refractivity contribution is 5.52. The van der Waals surface area contributed by atoms with Crippen LogP contribution in [0.15, 0.2) is 34.6 Å². The van der Waals surface area contributed by atoms with Crippen LogP contribution in [0.5, 0.6) is 0 Å². The van der Waals surface area contributed by atoms with E-state index in [1.54, 1.807) is 12.1 Å². The first-order valence-corrected chi connectivity index (χ1v) is 6.68. The Labute approximate surface area is 110 Å². The van der Waals surface area contributed by atoms with Gasteiger partial charge in [-0.1, -0.05) is 5.22 Å². The first-order valence-electron chi connectivity index (χ1n) is 6.68. The number of hydrogen-bond donors (Lipinski definition) is 0. The van der Waals surface area contributed by atoms with Crippen molar-refractivity contribution >= 4 is 11.4 Å². The smallest absolute Gasteiger partial charge is 0.258 e. The molecule has 3 aliphatic rings. The van der Waals surface area contributed by atoms with Crippen LogP contribution in [0, 0.1) is 22.0 Å². The van der Waals surface area contributed by atoms with Crippen LogP contribution in [0.2, 0.25) is 0 Å². The highest BCUT2D eigenvalue weighted by Crippen LogP contribution is 2.51. The SMILES string of the molecule is O=[N+]([O-])c1ccc(N2N=N[C@H]3[C@H]4CC[C@@H](C4)[C@@H]32)cc1. The summed E-state index contributed by atoms with van der Waals surface area (Å²) >= 11 is 0. The molecule has 0 amide bonds. The van der Waals surface area contributed by atoms with E-state index in [0.717, 1.165) is 5.69 Å². The van der Waals surface area contributed by atoms with Gasteiger partial charge in [0.25, 0.3) is 5.69 Å². The summed E-state index contributed by atoms with van der Waals surface area (Å²) in [6.45, 7) is 0. The lowest BCUT2D eigenvalue weighted by atomic mass is 9.91. The zero-order valence-corrected chi connectivity index (χ0v) is 10.3. The van der Waals surface area contributed by atoms with Crippen LogP contribution in [0.25, 0.3) is 0 Å². The average Bonchev–Trinajstić information content (AvgIpc) is 3.11. The summed E-state index contributed by atoms with van der Waals surface area (Å²) in [6, 6.07) is 7.32. The molecular formula is C13H14N4O2. The molecule has 2 aliphatic carbocycles. The molecule has 6 heteroatoms. The van der Waals surface area contributed by atoms with Crippen LogP contribution in [0.4, 0.5) is 11.4 Å². The Morgan fingerprint density at radius 1 is 1.21 bits per heavy atom. The molecule has 19 heavy (non-hydrogen) atoms. The maximum absolute atomic E-state index is 10.7. The quantitative estimate of drug-likeness (QED) is 0.604. The fraction of sp³-hybridized carbons (Fsp3) is 0.538. The van der Waals surface area contributed by atoms with Crippen LogP contribution in [0.3, 0.4) is 0 Å². The Kier molecular flexibility index (Phi) is 2.15. The van der Waals surface area contributed by atoms with E-state index < -0.39 is 0 Å². The summed E-state index contributed by atoms with van der Waals surface area (Å²) in [4.78, 5) is 10.3. The predicted octanol–water partition coefficient (Wildman–Crippen LogP) is 2.95. The van der Waals surface area contributed by atoms with Gasteiger partial charge in [-0.3, -0.25) is 10.1 Å². The van der Waals surface area contributed by atoms with Crippen LogP contribution in [-0.2, 0) is 0 Å². The summed E-state index contributed by atoms with van der Waals surface area (Å²) in [5.41, 5.74) is 1.03. The van der Waals surface area contributed by atoms with E-state index in [2.05, 4.69) is 10.3 Å². The summed E-state index contributed by atoms with van der Waals surface area (Å²) in [7, 11) is 0. The fourth-order valence-electron chi connectivity index (χ4n) is 3.86. The Hall–Kier alpha value is -1.98. The van der Waals surface area contributed by atoms with Gasteiger partial charge in [0, 0.05) is 12.1 Å². The number of nitro groups is 1. The van der Waals surface area contributed by atoms with Gasteiger partial charge in [-0.05, 0) is 43.2 Å². The molecular weight excluding hydrogens is 244 g/mol. The molecule has 2 fully saturated rings. The number of hydrogen-bond acceptors (Lipinski definition) is 5. The molecule has 1 aromatic carbocycles. The number of non-ortho nitro benzene ring substituents is 1. The molecule has 0 spiro atoms. The van der Waals surface area contributed by atoms with E-state index in [1.165, 1.54) is 31.4 Å². The molecule has 0 saturated heterocycles. The monoisotopic (exact) mass is 258 g/mol. The van der Waals surface area contributed by atoms with Crippen LogP contribution < -0.4 is 5.01 Å². The molecule has 1 heterocycles. The summed E-state index contributed by atoms with van der Waals surface area (Å²) in [6.07, 6.45) is 3.80. The zero-order valence-electron chi connectivity index (χ0n) is 10.3. The molecule has 4 atom stereocenters. The van der Waals surface area contributed by atoms with E-state index in [-0.39, 0.29) is 10.6 Å². The largest absolute Gasteiger partial charge is 0.269 e. The van der Waals surface area contributed by atoms with Gasteiger partial charge in [0.1, 0.15) is 0 Å². The fourth-order valence-corrected chi connectivity index (χ4v) is 3.86. The van der Waals surface area contributed by atoms with Gasteiger partial charge in [-0.25, -0.2) is 5.01 Å². The topological polar surface area (TPSA) is 71.1 Å².